The van der Waals surface area contributed by atoms with Gasteiger partial charge in [-0.25, -0.2) is 8.78 Å². The average Bonchev–Trinajstić information content (AvgIpc) is 2.42. The fourth-order valence-electron chi connectivity index (χ4n) is 1.54. The molecule has 2 aromatic rings. The number of rotatable bonds is 3. The van der Waals surface area contributed by atoms with Crippen molar-refractivity contribution in [3.8, 4) is 0 Å². The summed E-state index contributed by atoms with van der Waals surface area (Å²) >= 11 is 0. The van der Waals surface area contributed by atoms with Gasteiger partial charge in [-0.3, -0.25) is 9.78 Å². The molecular weight excluding hydrogens is 252 g/mol. The van der Waals surface area contributed by atoms with Crippen LogP contribution in [0.15, 0.2) is 36.5 Å². The van der Waals surface area contributed by atoms with Crippen LogP contribution >= 0.6 is 0 Å². The molecule has 1 heterocycles. The summed E-state index contributed by atoms with van der Waals surface area (Å²) in [5.74, 6) is -2.88. The van der Waals surface area contributed by atoms with E-state index in [9.17, 15) is 13.6 Å². The SMILES string of the molecule is Nc1ccc(F)c(C(=O)NCc2ccccn2)c1F. The Bertz CT molecular complexity index is 602. The Labute approximate surface area is 108 Å². The topological polar surface area (TPSA) is 68.0 Å². The number of hydrogen-bond acceptors (Lipinski definition) is 3. The molecule has 0 saturated carbocycles. The van der Waals surface area contributed by atoms with Crippen LogP contribution < -0.4 is 11.1 Å². The quantitative estimate of drug-likeness (QED) is 0.831. The van der Waals surface area contributed by atoms with E-state index in [1.807, 2.05) is 0 Å². The molecule has 19 heavy (non-hydrogen) atoms. The standard InChI is InChI=1S/C13H11F2N3O/c14-9-4-5-10(16)12(15)11(9)13(19)18-7-8-3-1-2-6-17-8/h1-6H,7,16H2,(H,18,19). The largest absolute Gasteiger partial charge is 0.396 e. The summed E-state index contributed by atoms with van der Waals surface area (Å²) < 4.78 is 27.0. The number of carbonyl (C=O) groups excluding carboxylic acids is 1. The molecule has 0 saturated heterocycles. The fraction of sp³-hybridized carbons (Fsp3) is 0.0769. The normalized spacial score (nSPS) is 10.2. The Morgan fingerprint density at radius 1 is 1.26 bits per heavy atom. The Morgan fingerprint density at radius 2 is 2.05 bits per heavy atom. The van der Waals surface area contributed by atoms with E-state index in [4.69, 9.17) is 5.73 Å². The molecule has 0 fully saturated rings. The van der Waals surface area contributed by atoms with Crippen LogP contribution in [0.3, 0.4) is 0 Å². The van der Waals surface area contributed by atoms with Crippen LogP contribution in [0.1, 0.15) is 16.1 Å². The third-order valence-electron chi connectivity index (χ3n) is 2.50. The minimum atomic E-state index is -1.06. The van der Waals surface area contributed by atoms with E-state index in [2.05, 4.69) is 10.3 Å². The Kier molecular flexibility index (Phi) is 3.70. The van der Waals surface area contributed by atoms with Crippen molar-refractivity contribution >= 4 is 11.6 Å². The molecule has 0 aliphatic rings. The van der Waals surface area contributed by atoms with Gasteiger partial charge < -0.3 is 11.1 Å². The number of benzene rings is 1. The highest BCUT2D eigenvalue weighted by Gasteiger charge is 2.19. The summed E-state index contributed by atoms with van der Waals surface area (Å²) in [5, 5.41) is 2.39. The first kappa shape index (κ1) is 12.9. The second-order valence-electron chi connectivity index (χ2n) is 3.83. The third-order valence-corrected chi connectivity index (χ3v) is 2.50. The van der Waals surface area contributed by atoms with Gasteiger partial charge >= 0.3 is 0 Å². The van der Waals surface area contributed by atoms with E-state index in [-0.39, 0.29) is 12.2 Å². The van der Waals surface area contributed by atoms with E-state index in [0.717, 1.165) is 12.1 Å². The van der Waals surface area contributed by atoms with Crippen molar-refractivity contribution in [2.24, 2.45) is 0 Å². The summed E-state index contributed by atoms with van der Waals surface area (Å²) in [6.45, 7) is 0.0767. The molecular formula is C13H11F2N3O. The van der Waals surface area contributed by atoms with E-state index in [0.29, 0.717) is 5.69 Å². The first-order valence-electron chi connectivity index (χ1n) is 5.51. The summed E-state index contributed by atoms with van der Waals surface area (Å²) in [6, 6.07) is 7.18. The summed E-state index contributed by atoms with van der Waals surface area (Å²) in [6.07, 6.45) is 1.56. The fourth-order valence-corrected chi connectivity index (χ4v) is 1.54. The number of nitrogens with two attached hydrogens (primary N) is 1. The van der Waals surface area contributed by atoms with Gasteiger partial charge in [0.2, 0.25) is 0 Å². The molecule has 4 nitrogen and oxygen atoms in total. The smallest absolute Gasteiger partial charge is 0.257 e. The van der Waals surface area contributed by atoms with Crippen LogP contribution in [0.2, 0.25) is 0 Å². The molecule has 98 valence electrons. The van der Waals surface area contributed by atoms with Crippen LogP contribution in [-0.4, -0.2) is 10.9 Å². The number of halogens is 2. The van der Waals surface area contributed by atoms with E-state index >= 15 is 0 Å². The zero-order valence-electron chi connectivity index (χ0n) is 9.86. The Morgan fingerprint density at radius 3 is 2.74 bits per heavy atom. The predicted octanol–water partition coefficient (Wildman–Crippen LogP) is 1.87. The monoisotopic (exact) mass is 263 g/mol. The molecule has 2 rings (SSSR count). The van der Waals surface area contributed by atoms with Gasteiger partial charge in [0.05, 0.1) is 17.9 Å². The van der Waals surface area contributed by atoms with Crippen molar-refractivity contribution in [1.82, 2.24) is 10.3 Å². The van der Waals surface area contributed by atoms with Gasteiger partial charge in [0, 0.05) is 6.20 Å². The van der Waals surface area contributed by atoms with Crippen molar-refractivity contribution in [2.75, 3.05) is 5.73 Å². The van der Waals surface area contributed by atoms with E-state index < -0.39 is 23.1 Å². The first-order chi connectivity index (χ1) is 9.09. The lowest BCUT2D eigenvalue weighted by Gasteiger charge is -2.08. The zero-order valence-corrected chi connectivity index (χ0v) is 9.86. The minimum Gasteiger partial charge on any atom is -0.396 e. The molecule has 1 aromatic heterocycles. The molecule has 1 amide bonds. The van der Waals surface area contributed by atoms with Crippen LogP contribution in [0.25, 0.3) is 0 Å². The van der Waals surface area contributed by atoms with Gasteiger partial charge in [0.25, 0.3) is 5.91 Å². The molecule has 0 aliphatic carbocycles. The number of amides is 1. The molecule has 0 aliphatic heterocycles. The average molecular weight is 263 g/mol. The maximum atomic E-state index is 13.6. The van der Waals surface area contributed by atoms with Crippen molar-refractivity contribution in [3.05, 3.63) is 59.4 Å². The Balaban J connectivity index is 2.15. The van der Waals surface area contributed by atoms with Crippen LogP contribution in [0.4, 0.5) is 14.5 Å². The highest BCUT2D eigenvalue weighted by molar-refractivity contribution is 5.95. The number of nitrogens with zero attached hydrogens (tertiary/aromatic N) is 1. The number of nitrogen functional groups attached to an aromatic ring is 1. The number of nitrogens with one attached hydrogen (secondary N) is 1. The Hall–Kier alpha value is -2.50. The minimum absolute atomic E-state index is 0.0767. The third kappa shape index (κ3) is 2.85. The molecule has 0 atom stereocenters. The lowest BCUT2D eigenvalue weighted by atomic mass is 10.1. The second-order valence-corrected chi connectivity index (χ2v) is 3.83. The molecule has 1 aromatic carbocycles. The lowest BCUT2D eigenvalue weighted by molar-refractivity contribution is 0.0942. The van der Waals surface area contributed by atoms with Crippen LogP contribution in [0.5, 0.6) is 0 Å². The molecule has 0 unspecified atom stereocenters. The molecule has 3 N–H and O–H groups in total. The zero-order chi connectivity index (χ0) is 13.8. The summed E-state index contributed by atoms with van der Waals surface area (Å²) in [5.41, 5.74) is 4.93. The van der Waals surface area contributed by atoms with Crippen molar-refractivity contribution in [2.45, 2.75) is 6.54 Å². The van der Waals surface area contributed by atoms with Crippen LogP contribution in [-0.2, 0) is 6.54 Å². The summed E-state index contributed by atoms with van der Waals surface area (Å²) in [7, 11) is 0. The second kappa shape index (κ2) is 5.43. The molecule has 0 bridgehead atoms. The van der Waals surface area contributed by atoms with E-state index in [1.54, 1.807) is 24.4 Å². The van der Waals surface area contributed by atoms with Gasteiger partial charge in [-0.05, 0) is 24.3 Å². The highest BCUT2D eigenvalue weighted by atomic mass is 19.1. The van der Waals surface area contributed by atoms with Gasteiger partial charge in [-0.2, -0.15) is 0 Å². The highest BCUT2D eigenvalue weighted by Crippen LogP contribution is 2.18. The van der Waals surface area contributed by atoms with Gasteiger partial charge in [-0.15, -0.1) is 0 Å². The summed E-state index contributed by atoms with van der Waals surface area (Å²) in [4.78, 5) is 15.7. The lowest BCUT2D eigenvalue weighted by Crippen LogP contribution is -2.25. The number of hydrogen-bond donors (Lipinski definition) is 2. The van der Waals surface area contributed by atoms with Crippen molar-refractivity contribution < 1.29 is 13.6 Å². The maximum Gasteiger partial charge on any atom is 0.257 e. The predicted molar refractivity (Wildman–Crippen MR) is 66.2 cm³/mol. The molecule has 6 heteroatoms. The maximum absolute atomic E-state index is 13.6. The van der Waals surface area contributed by atoms with Crippen LogP contribution in [0, 0.1) is 11.6 Å². The molecule has 0 spiro atoms. The van der Waals surface area contributed by atoms with Crippen molar-refractivity contribution in [1.29, 1.82) is 0 Å². The number of anilines is 1. The van der Waals surface area contributed by atoms with Gasteiger partial charge in [0.15, 0.2) is 5.82 Å². The number of carbonyl (C=O) groups is 1. The van der Waals surface area contributed by atoms with Crippen molar-refractivity contribution in [3.63, 3.8) is 0 Å². The molecule has 0 radical (unpaired) electrons. The number of pyridine rings is 1. The van der Waals surface area contributed by atoms with E-state index in [1.165, 1.54) is 0 Å². The van der Waals surface area contributed by atoms with Gasteiger partial charge in [0.1, 0.15) is 11.4 Å². The van der Waals surface area contributed by atoms with Gasteiger partial charge in [-0.1, -0.05) is 6.07 Å². The first-order valence-corrected chi connectivity index (χ1v) is 5.51. The number of aromatic nitrogens is 1.